The van der Waals surface area contributed by atoms with Crippen molar-refractivity contribution in [1.82, 2.24) is 5.32 Å². The number of anilines is 2. The Morgan fingerprint density at radius 2 is 1.80 bits per heavy atom. The predicted molar refractivity (Wildman–Crippen MR) is 153 cm³/mol. The second kappa shape index (κ2) is 11.4. The van der Waals surface area contributed by atoms with Crippen LogP contribution in [0.25, 0.3) is 23.9 Å². The zero-order valence-corrected chi connectivity index (χ0v) is 21.8. The van der Waals surface area contributed by atoms with Crippen LogP contribution < -0.4 is 19.7 Å². The van der Waals surface area contributed by atoms with E-state index in [-0.39, 0.29) is 0 Å². The van der Waals surface area contributed by atoms with Gasteiger partial charge in [-0.15, -0.1) is 0 Å². The Morgan fingerprint density at radius 1 is 1.06 bits per heavy atom. The molecule has 0 unspecified atom stereocenters. The lowest BCUT2D eigenvalue weighted by molar-refractivity contribution is -0.584. The molecule has 4 rings (SSSR count). The third-order valence-corrected chi connectivity index (χ3v) is 7.53. The van der Waals surface area contributed by atoms with Crippen molar-refractivity contribution in [3.63, 3.8) is 0 Å². The molecule has 0 bridgehead atoms. The van der Waals surface area contributed by atoms with E-state index >= 15 is 0 Å². The van der Waals surface area contributed by atoms with Gasteiger partial charge >= 0.3 is 0 Å². The van der Waals surface area contributed by atoms with Gasteiger partial charge in [-0.1, -0.05) is 61.3 Å². The highest BCUT2D eigenvalue weighted by Crippen LogP contribution is 2.45. The fourth-order valence-electron chi connectivity index (χ4n) is 4.56. The van der Waals surface area contributed by atoms with Gasteiger partial charge < -0.3 is 10.2 Å². The smallest absolute Gasteiger partial charge is 0.282 e. The fraction of sp³-hybridized carbons (Fsp3) is 0.233. The number of para-hydroxylation sites is 2. The van der Waals surface area contributed by atoms with Gasteiger partial charge in [0.25, 0.3) is 5.82 Å². The molecule has 0 radical (unpaired) electrons. The summed E-state index contributed by atoms with van der Waals surface area (Å²) >= 11 is 1.81. The molecule has 0 spiro atoms. The Kier molecular flexibility index (Phi) is 8.11. The Morgan fingerprint density at radius 3 is 2.46 bits per heavy atom. The van der Waals surface area contributed by atoms with Crippen molar-refractivity contribution < 1.29 is 4.57 Å². The van der Waals surface area contributed by atoms with Gasteiger partial charge in [-0.2, -0.15) is 4.57 Å². The first-order valence-corrected chi connectivity index (χ1v) is 13.0. The number of pyridine rings is 1. The largest absolute Gasteiger partial charge is 0.338 e. The standard InChI is InChI=1S/C30H35N4S/c1-6-25-23(22-30-32(5)27-17-12-13-18-28(27)35-30)21-29(33(8-3)20-14-19-31-4)34(26(25)7-2)24-15-10-9-11-16-24/h6-7,9-13,15-18,21-22,31H,1-2,8,14,19-20H2,3-5H3/q+1. The van der Waals surface area contributed by atoms with Gasteiger partial charge in [0.2, 0.25) is 0 Å². The molecule has 3 aromatic rings. The topological polar surface area (TPSA) is 22.4 Å². The van der Waals surface area contributed by atoms with Crippen molar-refractivity contribution in [3.05, 3.63) is 95.7 Å². The van der Waals surface area contributed by atoms with Crippen LogP contribution in [0.15, 0.2) is 83.7 Å². The van der Waals surface area contributed by atoms with Gasteiger partial charge in [-0.25, -0.2) is 0 Å². The van der Waals surface area contributed by atoms with Crippen LogP contribution in [-0.2, 0) is 0 Å². The van der Waals surface area contributed by atoms with Gasteiger partial charge in [0.05, 0.1) is 23.8 Å². The van der Waals surface area contributed by atoms with Crippen molar-refractivity contribution >= 4 is 41.5 Å². The average molecular weight is 484 g/mol. The van der Waals surface area contributed by atoms with Gasteiger partial charge in [-0.3, -0.25) is 4.90 Å². The SMILES string of the molecule is C=Cc1c(C=C2Sc3ccccc3N2C)cc(N(CC)CCCNC)[n+](-c2ccccc2)c1C=C. The second-order valence-corrected chi connectivity index (χ2v) is 9.55. The molecule has 0 saturated heterocycles. The maximum atomic E-state index is 4.21. The van der Waals surface area contributed by atoms with Crippen LogP contribution in [0.5, 0.6) is 0 Å². The van der Waals surface area contributed by atoms with Gasteiger partial charge in [0.15, 0.2) is 0 Å². The minimum absolute atomic E-state index is 0.913. The molecule has 5 heteroatoms. The first-order chi connectivity index (χ1) is 17.1. The van der Waals surface area contributed by atoms with Crippen LogP contribution >= 0.6 is 11.8 Å². The lowest BCUT2D eigenvalue weighted by Gasteiger charge is -2.22. The summed E-state index contributed by atoms with van der Waals surface area (Å²) in [6.07, 6.45) is 7.26. The normalized spacial score (nSPS) is 13.7. The van der Waals surface area contributed by atoms with E-state index < -0.39 is 0 Å². The molecule has 2 aromatic carbocycles. The minimum atomic E-state index is 0.913. The lowest BCUT2D eigenvalue weighted by atomic mass is 10.0. The summed E-state index contributed by atoms with van der Waals surface area (Å²) in [6, 6.07) is 21.4. The maximum absolute atomic E-state index is 4.21. The summed E-state index contributed by atoms with van der Waals surface area (Å²) < 4.78 is 2.31. The molecule has 180 valence electrons. The molecule has 1 N–H and O–H groups in total. The average Bonchev–Trinajstić information content (AvgIpc) is 3.21. The number of thioether (sulfide) groups is 1. The molecule has 0 amide bonds. The molecular formula is C30H35N4S+. The zero-order valence-electron chi connectivity index (χ0n) is 21.0. The fourth-order valence-corrected chi connectivity index (χ4v) is 5.66. The van der Waals surface area contributed by atoms with E-state index in [0.29, 0.717) is 0 Å². The van der Waals surface area contributed by atoms with E-state index in [1.165, 1.54) is 15.6 Å². The van der Waals surface area contributed by atoms with Crippen LogP contribution in [0.4, 0.5) is 11.5 Å². The molecule has 2 heterocycles. The number of benzene rings is 2. The zero-order chi connectivity index (χ0) is 24.8. The van der Waals surface area contributed by atoms with E-state index in [1.807, 2.05) is 31.0 Å². The Bertz CT molecular complexity index is 1230. The van der Waals surface area contributed by atoms with E-state index in [0.717, 1.165) is 54.4 Å². The van der Waals surface area contributed by atoms with E-state index in [9.17, 15) is 0 Å². The first kappa shape index (κ1) is 24.8. The highest BCUT2D eigenvalue weighted by atomic mass is 32.2. The molecule has 0 aliphatic carbocycles. The Labute approximate surface area is 214 Å². The summed E-state index contributed by atoms with van der Waals surface area (Å²) in [5.74, 6) is 1.16. The first-order valence-electron chi connectivity index (χ1n) is 12.2. The monoisotopic (exact) mass is 483 g/mol. The van der Waals surface area contributed by atoms with E-state index in [1.54, 1.807) is 0 Å². The van der Waals surface area contributed by atoms with Crippen molar-refractivity contribution in [3.8, 4) is 5.69 Å². The number of hydrogen-bond donors (Lipinski definition) is 1. The quantitative estimate of drug-likeness (QED) is 0.273. The minimum Gasteiger partial charge on any atom is -0.338 e. The molecule has 1 aliphatic rings. The summed E-state index contributed by atoms with van der Waals surface area (Å²) in [6.45, 7) is 13.5. The maximum Gasteiger partial charge on any atom is 0.282 e. The van der Waals surface area contributed by atoms with Crippen LogP contribution in [0.3, 0.4) is 0 Å². The number of aromatic nitrogens is 1. The van der Waals surface area contributed by atoms with Crippen molar-refractivity contribution in [1.29, 1.82) is 0 Å². The third kappa shape index (κ3) is 5.07. The van der Waals surface area contributed by atoms with Crippen molar-refractivity contribution in [2.45, 2.75) is 18.2 Å². The van der Waals surface area contributed by atoms with E-state index in [2.05, 4.69) is 114 Å². The number of nitrogens with zero attached hydrogens (tertiary/aromatic N) is 3. The highest BCUT2D eigenvalue weighted by Gasteiger charge is 2.27. The van der Waals surface area contributed by atoms with Crippen LogP contribution in [-0.4, -0.2) is 33.7 Å². The molecule has 4 nitrogen and oxygen atoms in total. The third-order valence-electron chi connectivity index (χ3n) is 6.36. The van der Waals surface area contributed by atoms with Crippen LogP contribution in [0, 0.1) is 0 Å². The van der Waals surface area contributed by atoms with Crippen molar-refractivity contribution in [2.24, 2.45) is 0 Å². The van der Waals surface area contributed by atoms with Crippen LogP contribution in [0.2, 0.25) is 0 Å². The predicted octanol–water partition coefficient (Wildman–Crippen LogP) is 6.23. The van der Waals surface area contributed by atoms with Gasteiger partial charge in [-0.05, 0) is 68.9 Å². The molecule has 0 atom stereocenters. The van der Waals surface area contributed by atoms with Gasteiger partial charge in [0.1, 0.15) is 11.4 Å². The number of hydrogen-bond acceptors (Lipinski definition) is 4. The molecule has 0 fully saturated rings. The summed E-state index contributed by atoms with van der Waals surface area (Å²) in [4.78, 5) is 6.00. The molecule has 1 aromatic heterocycles. The Balaban J connectivity index is 1.91. The summed E-state index contributed by atoms with van der Waals surface area (Å²) in [7, 11) is 4.14. The molecular weight excluding hydrogens is 448 g/mol. The van der Waals surface area contributed by atoms with Crippen LogP contribution in [0.1, 0.15) is 30.2 Å². The summed E-state index contributed by atoms with van der Waals surface area (Å²) in [5, 5.41) is 4.48. The summed E-state index contributed by atoms with van der Waals surface area (Å²) in [5.41, 5.74) is 5.63. The molecule has 1 aliphatic heterocycles. The lowest BCUT2D eigenvalue weighted by Crippen LogP contribution is -2.44. The number of nitrogens with one attached hydrogen (secondary N) is 1. The second-order valence-electron chi connectivity index (χ2n) is 8.48. The van der Waals surface area contributed by atoms with Gasteiger partial charge in [0, 0.05) is 23.6 Å². The van der Waals surface area contributed by atoms with Crippen molar-refractivity contribution in [2.75, 3.05) is 43.5 Å². The van der Waals surface area contributed by atoms with E-state index in [4.69, 9.17) is 0 Å². The number of fused-ring (bicyclic) bond motifs is 1. The highest BCUT2D eigenvalue weighted by molar-refractivity contribution is 8.03. The molecule has 0 saturated carbocycles. The Hall–Kier alpha value is -3.28. The molecule has 35 heavy (non-hydrogen) atoms. The number of rotatable bonds is 10.